The highest BCUT2D eigenvalue weighted by molar-refractivity contribution is 6.08. The first-order valence-electron chi connectivity index (χ1n) is 11.1. The van der Waals surface area contributed by atoms with Gasteiger partial charge in [-0.1, -0.05) is 6.07 Å². The number of H-pyrrole nitrogens is 1. The summed E-state index contributed by atoms with van der Waals surface area (Å²) in [5.74, 6) is -1.61. The molecule has 2 aliphatic rings. The number of aliphatic hydroxyl groups excluding tert-OH is 1. The van der Waals surface area contributed by atoms with Gasteiger partial charge in [-0.2, -0.15) is 0 Å². The fourth-order valence-corrected chi connectivity index (χ4v) is 3.82. The molecule has 2 aromatic heterocycles. The summed E-state index contributed by atoms with van der Waals surface area (Å²) in [6.07, 6.45) is 2.48. The van der Waals surface area contributed by atoms with Gasteiger partial charge in [-0.15, -0.1) is 12.4 Å². The van der Waals surface area contributed by atoms with Gasteiger partial charge < -0.3 is 40.6 Å². The van der Waals surface area contributed by atoms with Crippen LogP contribution in [0.1, 0.15) is 32.8 Å². The number of aromatic amines is 1. The van der Waals surface area contributed by atoms with Crippen LogP contribution in [-0.4, -0.2) is 81.3 Å². The molecule has 0 spiro atoms. The average Bonchev–Trinajstić information content (AvgIpc) is 3.53. The molecule has 5 rings (SSSR count). The lowest BCUT2D eigenvalue weighted by atomic mass is 10.1. The molecular weight excluding hydrogens is 524 g/mol. The summed E-state index contributed by atoms with van der Waals surface area (Å²) >= 11 is 0. The number of rotatable bonds is 5. The molecule has 0 bridgehead atoms. The number of carboxylic acid groups (broad SMARTS) is 1. The number of β-amino-alcohol motifs (C(OH)–C–C–N with tert-alkyl or cyclic N) is 1. The van der Waals surface area contributed by atoms with Crippen molar-refractivity contribution in [2.24, 2.45) is 0 Å². The van der Waals surface area contributed by atoms with Crippen LogP contribution in [0.3, 0.4) is 0 Å². The number of carbonyl (C=O) groups is 4. The summed E-state index contributed by atoms with van der Waals surface area (Å²) < 4.78 is 9.76. The zero-order chi connectivity index (χ0) is 26.5. The summed E-state index contributed by atoms with van der Waals surface area (Å²) in [5.41, 5.74) is 1.71. The molecule has 2 amide bonds. The van der Waals surface area contributed by atoms with Gasteiger partial charge in [0.1, 0.15) is 29.2 Å². The predicted octanol–water partition coefficient (Wildman–Crippen LogP) is 0.221. The minimum absolute atomic E-state index is 0. The number of hydrogen-bond acceptors (Lipinski definition) is 10. The number of ether oxygens (including phenoxy) is 2. The molecule has 2 atom stereocenters. The molecule has 0 unspecified atom stereocenters. The number of carboxylic acids is 1. The van der Waals surface area contributed by atoms with Crippen LogP contribution in [0.25, 0.3) is 11.0 Å². The molecule has 202 valence electrons. The van der Waals surface area contributed by atoms with Crippen LogP contribution >= 0.6 is 12.4 Å². The Morgan fingerprint density at radius 1 is 1.26 bits per heavy atom. The molecule has 3 aromatic rings. The number of nitrogens with one attached hydrogen (secondary N) is 4. The van der Waals surface area contributed by atoms with E-state index in [1.165, 1.54) is 13.3 Å². The van der Waals surface area contributed by atoms with E-state index in [2.05, 4.69) is 35.6 Å². The molecule has 15 heteroatoms. The number of benzene rings is 1. The maximum Gasteiger partial charge on any atom is 0.339 e. The van der Waals surface area contributed by atoms with Crippen molar-refractivity contribution in [3.05, 3.63) is 47.5 Å². The molecule has 1 aromatic carbocycles. The van der Waals surface area contributed by atoms with E-state index in [-0.39, 0.29) is 65.8 Å². The van der Waals surface area contributed by atoms with Crippen LogP contribution in [-0.2, 0) is 20.9 Å². The normalized spacial score (nSPS) is 17.6. The topological polar surface area (TPSA) is 205 Å². The maximum atomic E-state index is 12.5. The fourth-order valence-electron chi connectivity index (χ4n) is 3.82. The van der Waals surface area contributed by atoms with Gasteiger partial charge in [0.15, 0.2) is 12.3 Å². The van der Waals surface area contributed by atoms with Crippen molar-refractivity contribution >= 4 is 52.9 Å². The van der Waals surface area contributed by atoms with Crippen LogP contribution < -0.4 is 20.7 Å². The molecule has 0 saturated carbocycles. The van der Waals surface area contributed by atoms with Crippen molar-refractivity contribution in [3.8, 4) is 5.75 Å². The summed E-state index contributed by atoms with van der Waals surface area (Å²) in [7, 11) is 1.34. The summed E-state index contributed by atoms with van der Waals surface area (Å²) in [5, 5.41) is 26.4. The van der Waals surface area contributed by atoms with E-state index in [1.807, 2.05) is 0 Å². The van der Waals surface area contributed by atoms with Crippen molar-refractivity contribution in [1.29, 1.82) is 0 Å². The van der Waals surface area contributed by atoms with Gasteiger partial charge in [0.25, 0.3) is 11.8 Å². The van der Waals surface area contributed by atoms with E-state index < -0.39 is 18.0 Å². The second-order valence-corrected chi connectivity index (χ2v) is 8.18. The van der Waals surface area contributed by atoms with Gasteiger partial charge >= 0.3 is 11.9 Å². The standard InChI is InChI=1S/C17H13N5O5.C6H11NO3.ClH/c23-12-6-27-11-2-1-8(3-10(11)22-12)4-19-16(24)15-14-13(20-7-21-15)9(5-18-14)17(25)26;1-10-6(9)5-2-4(8)3-7-5;/h1-3,5,7,18H,4,6H2,(H,19,24)(H,22,23)(H,25,26);4-5,7-8H,2-3H2,1H3;1H/t;4-,5+;/m.1./s1. The summed E-state index contributed by atoms with van der Waals surface area (Å²) in [6, 6.07) is 4.88. The zero-order valence-corrected chi connectivity index (χ0v) is 20.8. The smallest absolute Gasteiger partial charge is 0.339 e. The highest BCUT2D eigenvalue weighted by atomic mass is 35.5. The molecule has 1 fully saturated rings. The van der Waals surface area contributed by atoms with Crippen LogP contribution in [0.2, 0.25) is 0 Å². The summed E-state index contributed by atoms with van der Waals surface area (Å²) in [6.45, 7) is 0.640. The highest BCUT2D eigenvalue weighted by Crippen LogP contribution is 2.28. The van der Waals surface area contributed by atoms with Gasteiger partial charge in [-0.05, 0) is 17.7 Å². The number of esters is 1. The lowest BCUT2D eigenvalue weighted by molar-refractivity contribution is -0.142. The Kier molecular flexibility index (Phi) is 9.17. The second kappa shape index (κ2) is 12.3. The average molecular weight is 549 g/mol. The van der Waals surface area contributed by atoms with E-state index in [0.29, 0.717) is 24.4 Å². The Morgan fingerprint density at radius 2 is 2.05 bits per heavy atom. The van der Waals surface area contributed by atoms with E-state index in [9.17, 15) is 19.2 Å². The van der Waals surface area contributed by atoms with Crippen molar-refractivity contribution < 1.29 is 38.9 Å². The van der Waals surface area contributed by atoms with Gasteiger partial charge in [-0.25, -0.2) is 14.8 Å². The first-order chi connectivity index (χ1) is 17.8. The summed E-state index contributed by atoms with van der Waals surface area (Å²) in [4.78, 5) is 56.4. The SMILES string of the molecule is COC(=O)[C@@H]1C[C@@H](O)CN1.Cl.O=C1COc2ccc(CNC(=O)c3ncnc4c(C(=O)O)c[nH]c34)cc2N1. The Morgan fingerprint density at radius 3 is 2.74 bits per heavy atom. The third-order valence-electron chi connectivity index (χ3n) is 5.63. The quantitative estimate of drug-likeness (QED) is 0.238. The first-order valence-corrected chi connectivity index (χ1v) is 11.1. The number of methoxy groups -OCH3 is 1. The van der Waals surface area contributed by atoms with Crippen molar-refractivity contribution in [1.82, 2.24) is 25.6 Å². The minimum atomic E-state index is -1.15. The van der Waals surface area contributed by atoms with E-state index in [4.69, 9.17) is 14.9 Å². The van der Waals surface area contributed by atoms with Gasteiger partial charge in [-0.3, -0.25) is 14.4 Å². The Bertz CT molecular complexity index is 1360. The Hall–Kier alpha value is -4.27. The first kappa shape index (κ1) is 28.3. The Balaban J connectivity index is 0.000000308. The number of carbonyl (C=O) groups excluding carboxylic acids is 3. The number of halogens is 1. The maximum absolute atomic E-state index is 12.5. The molecule has 1 saturated heterocycles. The molecule has 0 radical (unpaired) electrons. The molecule has 6 N–H and O–H groups in total. The molecule has 0 aliphatic carbocycles. The van der Waals surface area contributed by atoms with Crippen molar-refractivity contribution in [2.75, 3.05) is 25.6 Å². The highest BCUT2D eigenvalue weighted by Gasteiger charge is 2.28. The van der Waals surface area contributed by atoms with Crippen LogP contribution in [0, 0.1) is 0 Å². The van der Waals surface area contributed by atoms with E-state index >= 15 is 0 Å². The monoisotopic (exact) mass is 548 g/mol. The number of aromatic nitrogens is 3. The van der Waals surface area contributed by atoms with Crippen molar-refractivity contribution in [3.63, 3.8) is 0 Å². The number of nitrogens with zero attached hydrogens (tertiary/aromatic N) is 2. The number of aliphatic hydroxyl groups is 1. The van der Waals surface area contributed by atoms with Gasteiger partial charge in [0, 0.05) is 25.7 Å². The number of anilines is 1. The van der Waals surface area contributed by atoms with Crippen LogP contribution in [0.4, 0.5) is 5.69 Å². The second-order valence-electron chi connectivity index (χ2n) is 8.18. The molecule has 2 aliphatic heterocycles. The van der Waals surface area contributed by atoms with Gasteiger partial charge in [0.2, 0.25) is 0 Å². The minimum Gasteiger partial charge on any atom is -0.482 e. The lowest BCUT2D eigenvalue weighted by Gasteiger charge is -2.18. The number of aromatic carboxylic acids is 1. The molecule has 14 nitrogen and oxygen atoms in total. The zero-order valence-electron chi connectivity index (χ0n) is 20.0. The van der Waals surface area contributed by atoms with Gasteiger partial charge in [0.05, 0.1) is 24.4 Å². The largest absolute Gasteiger partial charge is 0.482 e. The number of fused-ring (bicyclic) bond motifs is 2. The molecule has 38 heavy (non-hydrogen) atoms. The van der Waals surface area contributed by atoms with E-state index in [0.717, 1.165) is 11.9 Å². The Labute approximate surface area is 221 Å². The number of hydrogen-bond donors (Lipinski definition) is 6. The molecule has 4 heterocycles. The number of amides is 2. The lowest BCUT2D eigenvalue weighted by Crippen LogP contribution is -2.31. The van der Waals surface area contributed by atoms with Crippen LogP contribution in [0.5, 0.6) is 5.75 Å². The fraction of sp³-hybridized carbons (Fsp3) is 0.304. The predicted molar refractivity (Wildman–Crippen MR) is 134 cm³/mol. The third kappa shape index (κ3) is 6.34. The third-order valence-corrected chi connectivity index (χ3v) is 5.63. The van der Waals surface area contributed by atoms with Crippen molar-refractivity contribution in [2.45, 2.75) is 25.1 Å². The van der Waals surface area contributed by atoms with E-state index in [1.54, 1.807) is 18.2 Å². The van der Waals surface area contributed by atoms with Crippen LogP contribution in [0.15, 0.2) is 30.7 Å². The molecular formula is C23H25ClN6O8.